The van der Waals surface area contributed by atoms with E-state index in [0.717, 1.165) is 21.1 Å². The number of rotatable bonds is 5. The molecule has 4 aromatic rings. The van der Waals surface area contributed by atoms with Crippen LogP contribution in [-0.2, 0) is 26.8 Å². The maximum Gasteiger partial charge on any atom is 0.282 e. The second-order valence-corrected chi connectivity index (χ2v) is 12.4. The maximum atomic E-state index is 14.7. The lowest BCUT2D eigenvalue weighted by atomic mass is 9.71. The van der Waals surface area contributed by atoms with Gasteiger partial charge in [-0.05, 0) is 48.7 Å². The smallest absolute Gasteiger partial charge is 0.282 e. The Bertz CT molecular complexity index is 1890. The van der Waals surface area contributed by atoms with E-state index in [1.54, 1.807) is 17.0 Å². The number of hydrogen-bond donors (Lipinski definition) is 0. The van der Waals surface area contributed by atoms with Gasteiger partial charge in [0.05, 0.1) is 35.0 Å². The molecule has 0 aliphatic carbocycles. The molecule has 0 fully saturated rings. The number of anilines is 1. The van der Waals surface area contributed by atoms with E-state index in [1.807, 2.05) is 92.7 Å². The zero-order valence-corrected chi connectivity index (χ0v) is 24.0. The summed E-state index contributed by atoms with van der Waals surface area (Å²) in [5, 5.41) is 15.3. The van der Waals surface area contributed by atoms with Crippen molar-refractivity contribution in [2.45, 2.75) is 37.1 Å². The van der Waals surface area contributed by atoms with Gasteiger partial charge in [-0.15, -0.1) is 0 Å². The van der Waals surface area contributed by atoms with Gasteiger partial charge in [0, 0.05) is 12.1 Å². The molecule has 0 bridgehead atoms. The quantitative estimate of drug-likeness (QED) is 0.293. The first-order chi connectivity index (χ1) is 20.2. The minimum atomic E-state index is -4.20. The molecule has 1 unspecified atom stereocenters. The number of nitrogens with zero attached hydrogens (tertiary/aromatic N) is 4. The number of hydrogen-bond acceptors (Lipinski definition) is 5. The van der Waals surface area contributed by atoms with Crippen molar-refractivity contribution in [1.29, 1.82) is 5.26 Å². The van der Waals surface area contributed by atoms with Crippen LogP contribution < -0.4 is 4.90 Å². The van der Waals surface area contributed by atoms with Crippen LogP contribution >= 0.6 is 0 Å². The number of hydrazone groups is 1. The monoisotopic (exact) mass is 572 g/mol. The number of carbonyl (C=O) groups excluding carboxylic acids is 1. The number of carbonyl (C=O) groups is 1. The Morgan fingerprint density at radius 3 is 2.19 bits per heavy atom. The molecule has 0 saturated carbocycles. The lowest BCUT2D eigenvalue weighted by Crippen LogP contribution is -2.42. The van der Waals surface area contributed by atoms with Gasteiger partial charge in [-0.3, -0.25) is 4.79 Å². The third kappa shape index (κ3) is 4.48. The molecule has 1 atom stereocenters. The van der Waals surface area contributed by atoms with Crippen molar-refractivity contribution >= 4 is 27.3 Å². The van der Waals surface area contributed by atoms with Crippen molar-refractivity contribution < 1.29 is 13.2 Å². The van der Waals surface area contributed by atoms with E-state index in [-0.39, 0.29) is 22.8 Å². The molecule has 6 rings (SSSR count). The Balaban J connectivity index is 1.59. The molecule has 2 heterocycles. The average Bonchev–Trinajstić information content (AvgIpc) is 3.12. The van der Waals surface area contributed by atoms with Gasteiger partial charge in [-0.2, -0.15) is 23.2 Å². The van der Waals surface area contributed by atoms with Gasteiger partial charge < -0.3 is 4.90 Å². The predicted octanol–water partition coefficient (Wildman–Crippen LogP) is 5.99. The summed E-state index contributed by atoms with van der Waals surface area (Å²) in [5.41, 5.74) is 3.71. The van der Waals surface area contributed by atoms with Crippen LogP contribution in [0.1, 0.15) is 34.2 Å². The molecule has 2 aliphatic rings. The van der Waals surface area contributed by atoms with Crippen LogP contribution in [-0.4, -0.2) is 24.5 Å². The summed E-state index contributed by atoms with van der Waals surface area (Å²) in [4.78, 5) is 16.5. The molecular formula is C34H28N4O3S. The highest BCUT2D eigenvalue weighted by atomic mass is 32.2. The lowest BCUT2D eigenvalue weighted by molar-refractivity contribution is -0.121. The highest BCUT2D eigenvalue weighted by Crippen LogP contribution is 2.51. The molecular weight excluding hydrogens is 544 g/mol. The summed E-state index contributed by atoms with van der Waals surface area (Å²) in [5.74, 6) is -0.294. The fourth-order valence-corrected chi connectivity index (χ4v) is 6.79. The van der Waals surface area contributed by atoms with Crippen LogP contribution in [0.4, 0.5) is 5.69 Å². The molecule has 1 spiro atoms. The first kappa shape index (κ1) is 27.2. The zero-order valence-electron chi connectivity index (χ0n) is 23.2. The van der Waals surface area contributed by atoms with E-state index >= 15 is 0 Å². The molecule has 42 heavy (non-hydrogen) atoms. The van der Waals surface area contributed by atoms with Crippen LogP contribution in [0.25, 0.3) is 0 Å². The van der Waals surface area contributed by atoms with E-state index in [9.17, 15) is 18.5 Å². The minimum absolute atomic E-state index is 0.0108. The number of aryl methyl sites for hydroxylation is 2. The van der Waals surface area contributed by atoms with Crippen LogP contribution in [0.15, 0.2) is 125 Å². The minimum Gasteiger partial charge on any atom is -0.307 e. The van der Waals surface area contributed by atoms with Crippen molar-refractivity contribution in [1.82, 2.24) is 4.41 Å². The molecule has 8 heteroatoms. The van der Waals surface area contributed by atoms with Gasteiger partial charge in [0.2, 0.25) is 5.91 Å². The average molecular weight is 573 g/mol. The highest BCUT2D eigenvalue weighted by Gasteiger charge is 2.55. The molecule has 7 nitrogen and oxygen atoms in total. The summed E-state index contributed by atoms with van der Waals surface area (Å²) in [6, 6.07) is 33.3. The number of sulfonamides is 1. The van der Waals surface area contributed by atoms with Gasteiger partial charge in [-0.1, -0.05) is 96.1 Å². The molecule has 2 aliphatic heterocycles. The summed E-state index contributed by atoms with van der Waals surface area (Å²) in [7, 11) is -4.20. The normalized spacial score (nSPS) is 18.3. The fourth-order valence-electron chi connectivity index (χ4n) is 5.64. The van der Waals surface area contributed by atoms with E-state index in [2.05, 4.69) is 11.2 Å². The fraction of sp³-hybridized carbons (Fsp3) is 0.147. The third-order valence-corrected chi connectivity index (χ3v) is 9.39. The maximum absolute atomic E-state index is 14.7. The summed E-state index contributed by atoms with van der Waals surface area (Å²) in [6.07, 6.45) is 1.23. The highest BCUT2D eigenvalue weighted by molar-refractivity contribution is 7.89. The summed E-state index contributed by atoms with van der Waals surface area (Å²) in [6.45, 7) is 4.11. The van der Waals surface area contributed by atoms with E-state index in [4.69, 9.17) is 0 Å². The van der Waals surface area contributed by atoms with Gasteiger partial charge in [-0.25, -0.2) is 0 Å². The SMILES string of the molecule is Cc1ccc(S(=O)(=O)N2C=C(C#N)C3(CC(c4ccccc4)=N2)C(=O)N(Cc2ccccc2)c2ccc(C)cc23)cc1. The second kappa shape index (κ2) is 10.4. The van der Waals surface area contributed by atoms with Gasteiger partial charge >= 0.3 is 0 Å². The predicted molar refractivity (Wildman–Crippen MR) is 162 cm³/mol. The first-order valence-corrected chi connectivity index (χ1v) is 15.0. The van der Waals surface area contributed by atoms with Crippen molar-refractivity contribution in [3.8, 4) is 6.07 Å². The Labute approximate surface area is 245 Å². The van der Waals surface area contributed by atoms with Crippen molar-refractivity contribution in [2.75, 3.05) is 4.90 Å². The zero-order chi connectivity index (χ0) is 29.5. The standard InChI is InChI=1S/C34H28N4O3S/c1-24-13-16-29(17-14-24)42(40,41)38-23-28(21-35)34(20-31(36-38)27-11-7-4-8-12-27)30-19-25(2)15-18-32(30)37(33(34)39)22-26-9-5-3-6-10-26/h3-19,23H,20,22H2,1-2H3. The van der Waals surface area contributed by atoms with Crippen molar-refractivity contribution in [3.05, 3.63) is 143 Å². The summed E-state index contributed by atoms with van der Waals surface area (Å²) < 4.78 is 28.8. The van der Waals surface area contributed by atoms with Crippen LogP contribution in [0.5, 0.6) is 0 Å². The van der Waals surface area contributed by atoms with E-state index in [0.29, 0.717) is 29.1 Å². The molecule has 4 aromatic carbocycles. The Morgan fingerprint density at radius 1 is 0.881 bits per heavy atom. The van der Waals surface area contributed by atoms with Gasteiger partial charge in [0.25, 0.3) is 10.0 Å². The number of nitriles is 1. The molecule has 1 amide bonds. The number of amides is 1. The molecule has 0 N–H and O–H groups in total. The van der Waals surface area contributed by atoms with E-state index in [1.165, 1.54) is 18.3 Å². The Morgan fingerprint density at radius 2 is 1.52 bits per heavy atom. The topological polar surface area (TPSA) is 93.8 Å². The largest absolute Gasteiger partial charge is 0.307 e. The Hall–Kier alpha value is -5.00. The van der Waals surface area contributed by atoms with Crippen LogP contribution in [0, 0.1) is 25.2 Å². The van der Waals surface area contributed by atoms with Crippen molar-refractivity contribution in [2.24, 2.45) is 5.10 Å². The third-order valence-electron chi connectivity index (χ3n) is 7.84. The molecule has 0 radical (unpaired) electrons. The second-order valence-electron chi connectivity index (χ2n) is 10.6. The number of benzene rings is 4. The lowest BCUT2D eigenvalue weighted by Gasteiger charge is -2.28. The molecule has 208 valence electrons. The number of fused-ring (bicyclic) bond motifs is 2. The van der Waals surface area contributed by atoms with Crippen molar-refractivity contribution in [3.63, 3.8) is 0 Å². The Kier molecular flexibility index (Phi) is 6.76. The first-order valence-electron chi connectivity index (χ1n) is 13.6. The molecule has 0 saturated heterocycles. The van der Waals surface area contributed by atoms with Crippen LogP contribution in [0.3, 0.4) is 0 Å². The van der Waals surface area contributed by atoms with Gasteiger partial charge in [0.1, 0.15) is 5.41 Å². The summed E-state index contributed by atoms with van der Waals surface area (Å²) >= 11 is 0. The van der Waals surface area contributed by atoms with Crippen LogP contribution in [0.2, 0.25) is 0 Å². The van der Waals surface area contributed by atoms with E-state index < -0.39 is 15.4 Å². The molecule has 0 aromatic heterocycles. The van der Waals surface area contributed by atoms with Gasteiger partial charge in [0.15, 0.2) is 0 Å².